The molecule has 112 valence electrons. The quantitative estimate of drug-likeness (QED) is 0.854. The number of hydrogen-bond donors (Lipinski definition) is 2. The number of methoxy groups -OCH3 is 1. The van der Waals surface area contributed by atoms with Crippen LogP contribution in [0, 0.1) is 0 Å². The molecule has 7 heteroatoms. The van der Waals surface area contributed by atoms with E-state index >= 15 is 0 Å². The summed E-state index contributed by atoms with van der Waals surface area (Å²) in [5, 5.41) is 3.19. The van der Waals surface area contributed by atoms with Crippen molar-refractivity contribution in [3.05, 3.63) is 48.2 Å². The zero-order valence-corrected chi connectivity index (χ0v) is 12.6. The molecule has 2 aromatic rings. The normalized spacial score (nSPS) is 11.0. The molecule has 0 aliphatic carbocycles. The van der Waals surface area contributed by atoms with Crippen LogP contribution in [0.2, 0.25) is 0 Å². The van der Waals surface area contributed by atoms with Crippen LogP contribution >= 0.6 is 0 Å². The molecule has 0 unspecified atom stereocenters. The first-order valence-electron chi connectivity index (χ1n) is 6.28. The van der Waals surface area contributed by atoms with Crippen molar-refractivity contribution < 1.29 is 13.2 Å². The Morgan fingerprint density at radius 1 is 1.14 bits per heavy atom. The smallest absolute Gasteiger partial charge is 0.229 e. The van der Waals surface area contributed by atoms with Gasteiger partial charge in [0.2, 0.25) is 15.9 Å². The number of nitrogens with zero attached hydrogens (tertiary/aromatic N) is 1. The highest BCUT2D eigenvalue weighted by molar-refractivity contribution is 7.92. The summed E-state index contributed by atoms with van der Waals surface area (Å²) in [5.74, 6) is 0.557. The van der Waals surface area contributed by atoms with Crippen molar-refractivity contribution in [2.45, 2.75) is 6.54 Å². The number of benzene rings is 1. The van der Waals surface area contributed by atoms with E-state index in [0.29, 0.717) is 18.1 Å². The first-order chi connectivity index (χ1) is 9.96. The van der Waals surface area contributed by atoms with Crippen LogP contribution in [0.15, 0.2) is 42.5 Å². The van der Waals surface area contributed by atoms with Gasteiger partial charge in [-0.15, -0.1) is 0 Å². The number of rotatable bonds is 6. The largest absolute Gasteiger partial charge is 0.481 e. The lowest BCUT2D eigenvalue weighted by atomic mass is 10.2. The third-order valence-electron chi connectivity index (χ3n) is 2.63. The number of ether oxygens (including phenoxy) is 1. The molecule has 0 saturated carbocycles. The lowest BCUT2D eigenvalue weighted by Gasteiger charge is -2.09. The molecule has 0 atom stereocenters. The van der Waals surface area contributed by atoms with Crippen LogP contribution in [0.5, 0.6) is 5.88 Å². The maximum atomic E-state index is 11.2. The summed E-state index contributed by atoms with van der Waals surface area (Å²) in [7, 11) is -1.71. The van der Waals surface area contributed by atoms with Crippen molar-refractivity contribution >= 4 is 21.4 Å². The zero-order chi connectivity index (χ0) is 15.3. The molecule has 0 saturated heterocycles. The Bertz CT molecular complexity index is 717. The van der Waals surface area contributed by atoms with Crippen molar-refractivity contribution in [1.82, 2.24) is 4.98 Å². The maximum absolute atomic E-state index is 11.2. The van der Waals surface area contributed by atoms with Gasteiger partial charge in [0, 0.05) is 11.8 Å². The van der Waals surface area contributed by atoms with Gasteiger partial charge in [0.25, 0.3) is 0 Å². The summed E-state index contributed by atoms with van der Waals surface area (Å²) in [6.07, 6.45) is 1.12. The molecule has 0 fully saturated rings. The first kappa shape index (κ1) is 15.1. The molecular formula is C14H17N3O3S. The number of anilines is 2. The average molecular weight is 307 g/mol. The predicted molar refractivity (Wildman–Crippen MR) is 83.0 cm³/mol. The van der Waals surface area contributed by atoms with Crippen LogP contribution in [0.4, 0.5) is 11.4 Å². The Balaban J connectivity index is 2.04. The lowest BCUT2D eigenvalue weighted by Crippen LogP contribution is -2.10. The van der Waals surface area contributed by atoms with Crippen molar-refractivity contribution in [3.63, 3.8) is 0 Å². The second-order valence-electron chi connectivity index (χ2n) is 4.48. The molecule has 0 amide bonds. The molecule has 2 rings (SSSR count). The molecule has 1 aromatic carbocycles. The van der Waals surface area contributed by atoms with Crippen LogP contribution in [0.25, 0.3) is 0 Å². The van der Waals surface area contributed by atoms with E-state index in [4.69, 9.17) is 4.74 Å². The maximum Gasteiger partial charge on any atom is 0.229 e. The summed E-state index contributed by atoms with van der Waals surface area (Å²) in [5.41, 5.74) is 2.14. The van der Waals surface area contributed by atoms with Gasteiger partial charge in [-0.25, -0.2) is 13.4 Å². The zero-order valence-electron chi connectivity index (χ0n) is 11.8. The Labute approximate surface area is 124 Å². The summed E-state index contributed by atoms with van der Waals surface area (Å²) >= 11 is 0. The fourth-order valence-corrected chi connectivity index (χ4v) is 2.32. The molecule has 2 N–H and O–H groups in total. The summed E-state index contributed by atoms with van der Waals surface area (Å²) in [6, 6.07) is 12.6. The fraction of sp³-hybridized carbons (Fsp3) is 0.214. The van der Waals surface area contributed by atoms with E-state index in [1.807, 2.05) is 18.2 Å². The molecule has 0 aliphatic rings. The molecule has 0 aliphatic heterocycles. The van der Waals surface area contributed by atoms with Crippen LogP contribution in [-0.2, 0) is 16.6 Å². The van der Waals surface area contributed by atoms with E-state index in [2.05, 4.69) is 15.0 Å². The minimum atomic E-state index is -3.28. The summed E-state index contributed by atoms with van der Waals surface area (Å²) in [4.78, 5) is 4.29. The lowest BCUT2D eigenvalue weighted by molar-refractivity contribution is 0.396. The molecule has 6 nitrogen and oxygen atoms in total. The predicted octanol–water partition coefficient (Wildman–Crippen LogP) is 2.07. The molecular weight excluding hydrogens is 290 g/mol. The van der Waals surface area contributed by atoms with Gasteiger partial charge in [-0.2, -0.15) is 0 Å². The minimum absolute atomic E-state index is 0.513. The topological polar surface area (TPSA) is 80.3 Å². The first-order valence-corrected chi connectivity index (χ1v) is 8.17. The number of sulfonamides is 1. The van der Waals surface area contributed by atoms with E-state index in [1.54, 1.807) is 31.4 Å². The van der Waals surface area contributed by atoms with Crippen LogP contribution in [-0.4, -0.2) is 26.8 Å². The number of nitrogens with one attached hydrogen (secondary N) is 2. The van der Waals surface area contributed by atoms with E-state index < -0.39 is 10.0 Å². The third-order valence-corrected chi connectivity index (χ3v) is 3.24. The molecule has 1 heterocycles. The van der Waals surface area contributed by atoms with Gasteiger partial charge >= 0.3 is 0 Å². The van der Waals surface area contributed by atoms with E-state index in [0.717, 1.165) is 17.6 Å². The molecule has 0 radical (unpaired) electrons. The van der Waals surface area contributed by atoms with Crippen LogP contribution < -0.4 is 14.8 Å². The van der Waals surface area contributed by atoms with Crippen molar-refractivity contribution in [3.8, 4) is 5.88 Å². The number of pyridine rings is 1. The van der Waals surface area contributed by atoms with E-state index in [-0.39, 0.29) is 0 Å². The third kappa shape index (κ3) is 4.96. The van der Waals surface area contributed by atoms with Crippen molar-refractivity contribution in [2.24, 2.45) is 0 Å². The van der Waals surface area contributed by atoms with Crippen LogP contribution in [0.1, 0.15) is 5.69 Å². The number of hydrogen-bond acceptors (Lipinski definition) is 5. The standard InChI is InChI=1S/C14H17N3O3S/c1-20-14-8-4-7-13(16-14)10-15-11-5-3-6-12(9-11)17-21(2,18)19/h3-9,15,17H,10H2,1-2H3. The van der Waals surface area contributed by atoms with Gasteiger partial charge < -0.3 is 10.1 Å². The highest BCUT2D eigenvalue weighted by Gasteiger charge is 2.03. The Morgan fingerprint density at radius 3 is 2.57 bits per heavy atom. The molecule has 0 spiro atoms. The monoisotopic (exact) mass is 307 g/mol. The second kappa shape index (κ2) is 6.45. The minimum Gasteiger partial charge on any atom is -0.481 e. The number of aromatic nitrogens is 1. The highest BCUT2D eigenvalue weighted by Crippen LogP contribution is 2.17. The Kier molecular flexibility index (Phi) is 4.64. The van der Waals surface area contributed by atoms with Gasteiger partial charge in [-0.3, -0.25) is 4.72 Å². The Morgan fingerprint density at radius 2 is 1.86 bits per heavy atom. The second-order valence-corrected chi connectivity index (χ2v) is 6.23. The molecule has 21 heavy (non-hydrogen) atoms. The summed E-state index contributed by atoms with van der Waals surface area (Å²) < 4.78 is 29.9. The SMILES string of the molecule is COc1cccc(CNc2cccc(NS(C)(=O)=O)c2)n1. The average Bonchev–Trinajstić information content (AvgIpc) is 2.44. The van der Waals surface area contributed by atoms with Gasteiger partial charge in [0.1, 0.15) is 0 Å². The fourth-order valence-electron chi connectivity index (χ4n) is 1.77. The van der Waals surface area contributed by atoms with E-state index in [1.165, 1.54) is 0 Å². The molecule has 0 bridgehead atoms. The Hall–Kier alpha value is -2.28. The van der Waals surface area contributed by atoms with Crippen molar-refractivity contribution in [1.29, 1.82) is 0 Å². The molecule has 1 aromatic heterocycles. The summed E-state index contributed by atoms with van der Waals surface area (Å²) in [6.45, 7) is 0.513. The van der Waals surface area contributed by atoms with Crippen LogP contribution in [0.3, 0.4) is 0 Å². The van der Waals surface area contributed by atoms with Gasteiger partial charge in [-0.05, 0) is 24.3 Å². The van der Waals surface area contributed by atoms with E-state index in [9.17, 15) is 8.42 Å². The van der Waals surface area contributed by atoms with Crippen molar-refractivity contribution in [2.75, 3.05) is 23.4 Å². The van der Waals surface area contributed by atoms with Gasteiger partial charge in [-0.1, -0.05) is 12.1 Å². The van der Waals surface area contributed by atoms with Gasteiger partial charge in [0.15, 0.2) is 0 Å². The van der Waals surface area contributed by atoms with Gasteiger partial charge in [0.05, 0.1) is 31.3 Å². The highest BCUT2D eigenvalue weighted by atomic mass is 32.2.